The van der Waals surface area contributed by atoms with Gasteiger partial charge in [-0.05, 0) is 0 Å². The van der Waals surface area contributed by atoms with E-state index in [-0.39, 0.29) is 12.4 Å². The molecule has 0 saturated carbocycles. The molecule has 2 heteroatoms. The summed E-state index contributed by atoms with van der Waals surface area (Å²) in [6, 6.07) is 0. The molecule has 0 unspecified atom stereocenters. The van der Waals surface area contributed by atoms with Gasteiger partial charge in [-0.2, -0.15) is 0 Å². The van der Waals surface area contributed by atoms with E-state index in [1.807, 2.05) is 0 Å². The SMILES string of the molecule is CC[CH2][Al].Cl. The van der Waals surface area contributed by atoms with Gasteiger partial charge in [0.2, 0.25) is 0 Å². The maximum Gasteiger partial charge on any atom is 0.118 e. The summed E-state index contributed by atoms with van der Waals surface area (Å²) in [5, 5.41) is 1.24. The Balaban J connectivity index is 0. The molecule has 0 aliphatic carbocycles. The average molecular weight is 107 g/mol. The highest BCUT2D eigenvalue weighted by molar-refractivity contribution is 6.08. The largest absolute Gasteiger partial charge is 0.147 e. The number of hydrogen-bond donors (Lipinski definition) is 0. The van der Waals surface area contributed by atoms with Gasteiger partial charge in [0.1, 0.15) is 16.3 Å². The quantitative estimate of drug-likeness (QED) is 0.444. The second-order valence-electron chi connectivity index (χ2n) is 0.789. The topological polar surface area (TPSA) is 0 Å². The zero-order valence-corrected chi connectivity index (χ0v) is 5.37. The predicted molar refractivity (Wildman–Crippen MR) is 28.1 cm³/mol. The van der Waals surface area contributed by atoms with Crippen LogP contribution in [0.25, 0.3) is 0 Å². The maximum atomic E-state index is 2.66. The van der Waals surface area contributed by atoms with E-state index in [1.165, 1.54) is 11.7 Å². The van der Waals surface area contributed by atoms with Crippen LogP contribution in [0, 0.1) is 0 Å². The van der Waals surface area contributed by atoms with Crippen LogP contribution >= 0.6 is 12.4 Å². The molecule has 0 atom stereocenters. The van der Waals surface area contributed by atoms with Gasteiger partial charge < -0.3 is 0 Å². The predicted octanol–water partition coefficient (Wildman–Crippen LogP) is 1.41. The van der Waals surface area contributed by atoms with Gasteiger partial charge in [0.25, 0.3) is 0 Å². The van der Waals surface area contributed by atoms with Crippen molar-refractivity contribution in [3.8, 4) is 0 Å². The fraction of sp³-hybridized carbons (Fsp3) is 1.00. The van der Waals surface area contributed by atoms with Gasteiger partial charge in [0.15, 0.2) is 0 Å². The average Bonchev–Trinajstić information content (AvgIpc) is 1.37. The highest BCUT2D eigenvalue weighted by Crippen LogP contribution is 1.73. The Morgan fingerprint density at radius 2 is 1.80 bits per heavy atom. The lowest BCUT2D eigenvalue weighted by Gasteiger charge is -1.68. The van der Waals surface area contributed by atoms with Crippen molar-refractivity contribution in [2.24, 2.45) is 0 Å². The van der Waals surface area contributed by atoms with Crippen molar-refractivity contribution in [2.45, 2.75) is 18.6 Å². The standard InChI is InChI=1S/C3H7.Al.ClH/c1-3-2;;/h1,3H2,2H3;;1H. The summed E-state index contributed by atoms with van der Waals surface area (Å²) >= 11 is 2.66. The first-order valence-corrected chi connectivity index (χ1v) is 2.43. The second kappa shape index (κ2) is 8.85. The summed E-state index contributed by atoms with van der Waals surface area (Å²) < 4.78 is 0. The van der Waals surface area contributed by atoms with Gasteiger partial charge in [0, 0.05) is 0 Å². The lowest BCUT2D eigenvalue weighted by atomic mass is 10.6. The van der Waals surface area contributed by atoms with Crippen LogP contribution in [0.3, 0.4) is 0 Å². The Morgan fingerprint density at radius 3 is 1.80 bits per heavy atom. The Labute approximate surface area is 47.8 Å². The van der Waals surface area contributed by atoms with Crippen LogP contribution in [0.2, 0.25) is 5.28 Å². The summed E-state index contributed by atoms with van der Waals surface area (Å²) in [6.07, 6.45) is 1.28. The van der Waals surface area contributed by atoms with Gasteiger partial charge in [-0.3, -0.25) is 0 Å². The Kier molecular flexibility index (Phi) is 16.4. The van der Waals surface area contributed by atoms with Crippen molar-refractivity contribution in [3.63, 3.8) is 0 Å². The lowest BCUT2D eigenvalue weighted by Crippen LogP contribution is -1.55. The van der Waals surface area contributed by atoms with E-state index in [1.54, 1.807) is 0 Å². The van der Waals surface area contributed by atoms with E-state index in [2.05, 4.69) is 23.2 Å². The highest BCUT2D eigenvalue weighted by Gasteiger charge is 1.56. The summed E-state index contributed by atoms with van der Waals surface area (Å²) in [4.78, 5) is 0. The molecule has 30 valence electrons. The monoisotopic (exact) mass is 106 g/mol. The smallest absolute Gasteiger partial charge is 0.118 e. The number of halogens is 1. The normalized spacial score (nSPS) is 5.80. The Hall–Kier alpha value is 0.822. The molecule has 0 saturated heterocycles. The van der Waals surface area contributed by atoms with E-state index >= 15 is 0 Å². The molecule has 0 nitrogen and oxygen atoms in total. The molecule has 0 amide bonds. The summed E-state index contributed by atoms with van der Waals surface area (Å²) in [6.45, 7) is 2.16. The van der Waals surface area contributed by atoms with Crippen molar-refractivity contribution < 1.29 is 0 Å². The third kappa shape index (κ3) is 11.6. The molecule has 0 aromatic rings. The summed E-state index contributed by atoms with van der Waals surface area (Å²) in [7, 11) is 0. The summed E-state index contributed by atoms with van der Waals surface area (Å²) in [5.74, 6) is 0. The lowest BCUT2D eigenvalue weighted by molar-refractivity contribution is 1.08. The van der Waals surface area contributed by atoms with Crippen LogP contribution in [0.15, 0.2) is 0 Å². The van der Waals surface area contributed by atoms with E-state index in [9.17, 15) is 0 Å². The molecular weight excluding hydrogens is 98.5 g/mol. The van der Waals surface area contributed by atoms with Crippen LogP contribution in [0.4, 0.5) is 0 Å². The first-order chi connectivity index (χ1) is 1.91. The third-order valence-electron chi connectivity index (χ3n) is 0.289. The zero-order valence-electron chi connectivity index (χ0n) is 3.40. The zero-order chi connectivity index (χ0) is 3.41. The van der Waals surface area contributed by atoms with Crippen molar-refractivity contribution in [3.05, 3.63) is 0 Å². The molecule has 0 spiro atoms. The second-order valence-corrected chi connectivity index (χ2v) is 1.37. The van der Waals surface area contributed by atoms with Gasteiger partial charge in [-0.1, -0.05) is 13.3 Å². The van der Waals surface area contributed by atoms with Crippen LogP contribution in [0.5, 0.6) is 0 Å². The molecule has 2 radical (unpaired) electrons. The molecule has 0 N–H and O–H groups in total. The minimum Gasteiger partial charge on any atom is -0.147 e. The van der Waals surface area contributed by atoms with Gasteiger partial charge in [-0.25, -0.2) is 0 Å². The van der Waals surface area contributed by atoms with Crippen molar-refractivity contribution >= 4 is 28.7 Å². The maximum absolute atomic E-state index is 2.66. The number of rotatable bonds is 1. The minimum atomic E-state index is 0. The first kappa shape index (κ1) is 9.27. The molecule has 5 heavy (non-hydrogen) atoms. The van der Waals surface area contributed by atoms with Crippen LogP contribution in [-0.4, -0.2) is 16.3 Å². The van der Waals surface area contributed by atoms with Crippen LogP contribution in [-0.2, 0) is 0 Å². The molecule has 0 fully saturated rings. The molecule has 0 bridgehead atoms. The Bertz CT molecular complexity index is 8.85. The molecule has 0 aromatic carbocycles. The molecular formula is C3H8AlCl. The first-order valence-electron chi connectivity index (χ1n) is 1.62. The molecule has 0 aliphatic rings. The van der Waals surface area contributed by atoms with Crippen molar-refractivity contribution in [2.75, 3.05) is 0 Å². The van der Waals surface area contributed by atoms with E-state index < -0.39 is 0 Å². The summed E-state index contributed by atoms with van der Waals surface area (Å²) in [5.41, 5.74) is 0. The molecule has 0 aromatic heterocycles. The van der Waals surface area contributed by atoms with E-state index in [4.69, 9.17) is 0 Å². The van der Waals surface area contributed by atoms with Gasteiger partial charge in [0.05, 0.1) is 0 Å². The number of hydrogen-bond acceptors (Lipinski definition) is 0. The highest BCUT2D eigenvalue weighted by atomic mass is 35.5. The van der Waals surface area contributed by atoms with E-state index in [0.29, 0.717) is 0 Å². The molecule has 0 heterocycles. The Morgan fingerprint density at radius 1 is 1.60 bits per heavy atom. The fourth-order valence-electron chi connectivity index (χ4n) is 0. The van der Waals surface area contributed by atoms with Crippen molar-refractivity contribution in [1.29, 1.82) is 0 Å². The van der Waals surface area contributed by atoms with Crippen LogP contribution < -0.4 is 0 Å². The van der Waals surface area contributed by atoms with Gasteiger partial charge in [-0.15, -0.1) is 17.7 Å². The van der Waals surface area contributed by atoms with Crippen LogP contribution in [0.1, 0.15) is 13.3 Å². The van der Waals surface area contributed by atoms with Gasteiger partial charge >= 0.3 is 0 Å². The minimum absolute atomic E-state index is 0. The molecule has 0 rings (SSSR count). The fourth-order valence-corrected chi connectivity index (χ4v) is 0. The third-order valence-corrected chi connectivity index (χ3v) is 0.866. The van der Waals surface area contributed by atoms with E-state index in [0.717, 1.165) is 0 Å². The molecule has 0 aliphatic heterocycles. The van der Waals surface area contributed by atoms with Crippen molar-refractivity contribution in [1.82, 2.24) is 0 Å².